The predicted molar refractivity (Wildman–Crippen MR) is 112 cm³/mol. The molecule has 0 radical (unpaired) electrons. The Kier molecular flexibility index (Phi) is 7.07. The van der Waals surface area contributed by atoms with E-state index >= 15 is 0 Å². The second-order valence-electron chi connectivity index (χ2n) is 7.70. The van der Waals surface area contributed by atoms with Crippen molar-refractivity contribution in [1.82, 2.24) is 10.6 Å². The second-order valence-corrected chi connectivity index (χ2v) is 7.70. The number of alkyl halides is 2. The molecule has 0 saturated carbocycles. The molecular weight excluding hydrogens is 422 g/mol. The van der Waals surface area contributed by atoms with Gasteiger partial charge in [-0.1, -0.05) is 48.5 Å². The van der Waals surface area contributed by atoms with E-state index in [1.165, 1.54) is 0 Å². The molecule has 1 aliphatic rings. The first-order chi connectivity index (χ1) is 15.2. The van der Waals surface area contributed by atoms with Gasteiger partial charge in [-0.25, -0.2) is 9.59 Å². The molecule has 2 amide bonds. The summed E-state index contributed by atoms with van der Waals surface area (Å²) in [5.74, 6) is -7.14. The Labute approximate surface area is 183 Å². The van der Waals surface area contributed by atoms with Crippen molar-refractivity contribution in [3.8, 4) is 11.1 Å². The monoisotopic (exact) mass is 446 g/mol. The lowest BCUT2D eigenvalue weighted by atomic mass is 9.98. The van der Waals surface area contributed by atoms with Crippen LogP contribution in [0.3, 0.4) is 0 Å². The first-order valence-electron chi connectivity index (χ1n) is 10.2. The molecule has 0 fully saturated rings. The van der Waals surface area contributed by atoms with E-state index in [1.54, 1.807) is 6.92 Å². The Morgan fingerprint density at radius 3 is 2.19 bits per heavy atom. The van der Waals surface area contributed by atoms with Crippen molar-refractivity contribution in [2.75, 3.05) is 13.2 Å². The number of ether oxygens (including phenoxy) is 1. The summed E-state index contributed by atoms with van der Waals surface area (Å²) in [5, 5.41) is 12.8. The largest absolute Gasteiger partial charge is 0.477 e. The van der Waals surface area contributed by atoms with Crippen LogP contribution < -0.4 is 10.6 Å². The van der Waals surface area contributed by atoms with Crippen molar-refractivity contribution in [1.29, 1.82) is 0 Å². The molecule has 1 atom stereocenters. The van der Waals surface area contributed by atoms with Gasteiger partial charge in [-0.05, 0) is 35.6 Å². The van der Waals surface area contributed by atoms with Gasteiger partial charge < -0.3 is 20.5 Å². The quantitative estimate of drug-likeness (QED) is 0.547. The van der Waals surface area contributed by atoms with Crippen molar-refractivity contribution in [2.24, 2.45) is 0 Å². The number of benzene rings is 2. The summed E-state index contributed by atoms with van der Waals surface area (Å²) >= 11 is 0. The van der Waals surface area contributed by atoms with Crippen molar-refractivity contribution in [2.45, 2.75) is 37.6 Å². The van der Waals surface area contributed by atoms with Crippen LogP contribution in [0, 0.1) is 0 Å². The third-order valence-electron chi connectivity index (χ3n) is 5.33. The van der Waals surface area contributed by atoms with E-state index in [0.29, 0.717) is 0 Å². The van der Waals surface area contributed by atoms with Crippen LogP contribution in [0.4, 0.5) is 13.6 Å². The number of rotatable bonds is 9. The topological polar surface area (TPSA) is 105 Å². The average Bonchev–Trinajstić information content (AvgIpc) is 3.08. The summed E-state index contributed by atoms with van der Waals surface area (Å²) in [4.78, 5) is 34.2. The summed E-state index contributed by atoms with van der Waals surface area (Å²) in [6, 6.07) is 15.5. The molecule has 1 unspecified atom stereocenters. The Bertz CT molecular complexity index is 966. The number of carbonyl (C=O) groups excluding carboxylic acids is 2. The molecular formula is C23H24F2N2O5. The van der Waals surface area contributed by atoms with Gasteiger partial charge in [-0.3, -0.25) is 4.79 Å². The van der Waals surface area contributed by atoms with Crippen LogP contribution in [-0.4, -0.2) is 48.2 Å². The fourth-order valence-electron chi connectivity index (χ4n) is 3.63. The van der Waals surface area contributed by atoms with Gasteiger partial charge in [-0.2, -0.15) is 8.78 Å². The van der Waals surface area contributed by atoms with Crippen molar-refractivity contribution >= 4 is 18.0 Å². The number of halogens is 2. The molecule has 0 saturated heterocycles. The van der Waals surface area contributed by atoms with Crippen molar-refractivity contribution < 1.29 is 33.0 Å². The summed E-state index contributed by atoms with van der Waals surface area (Å²) in [6.07, 6.45) is -0.618. The highest BCUT2D eigenvalue weighted by Gasteiger charge is 2.39. The highest BCUT2D eigenvalue weighted by Crippen LogP contribution is 2.44. The number of hydrogen-bond acceptors (Lipinski definition) is 4. The van der Waals surface area contributed by atoms with Crippen LogP contribution in [0.25, 0.3) is 11.1 Å². The molecule has 9 heteroatoms. The van der Waals surface area contributed by atoms with Crippen LogP contribution in [0.5, 0.6) is 0 Å². The molecule has 7 nitrogen and oxygen atoms in total. The van der Waals surface area contributed by atoms with Crippen LogP contribution in [0.1, 0.15) is 36.8 Å². The molecule has 0 spiro atoms. The van der Waals surface area contributed by atoms with E-state index in [1.807, 2.05) is 53.8 Å². The Hall–Kier alpha value is -3.49. The van der Waals surface area contributed by atoms with Gasteiger partial charge in [0.25, 0.3) is 0 Å². The van der Waals surface area contributed by atoms with E-state index in [2.05, 4.69) is 5.32 Å². The number of alkyl carbamates (subject to hydrolysis) is 1. The van der Waals surface area contributed by atoms with E-state index in [4.69, 9.17) is 9.84 Å². The first kappa shape index (κ1) is 23.2. The molecule has 0 aromatic heterocycles. The van der Waals surface area contributed by atoms with Gasteiger partial charge in [-0.15, -0.1) is 0 Å². The number of aliphatic carboxylic acids is 1. The number of carboxylic acid groups (broad SMARTS) is 1. The minimum atomic E-state index is -4.03. The van der Waals surface area contributed by atoms with Crippen molar-refractivity contribution in [3.63, 3.8) is 0 Å². The maximum absolute atomic E-state index is 13.0. The zero-order chi connectivity index (χ0) is 23.3. The first-order valence-corrected chi connectivity index (χ1v) is 10.2. The minimum Gasteiger partial charge on any atom is -0.477 e. The Morgan fingerprint density at radius 1 is 1.06 bits per heavy atom. The number of nitrogens with one attached hydrogen (secondary N) is 2. The maximum Gasteiger partial charge on any atom is 0.407 e. The van der Waals surface area contributed by atoms with Crippen LogP contribution >= 0.6 is 0 Å². The number of carboxylic acids is 1. The van der Waals surface area contributed by atoms with E-state index < -0.39 is 36.5 Å². The Balaban J connectivity index is 1.45. The fraction of sp³-hybridized carbons (Fsp3) is 0.348. The highest BCUT2D eigenvalue weighted by molar-refractivity contribution is 5.80. The van der Waals surface area contributed by atoms with Gasteiger partial charge in [0.2, 0.25) is 5.91 Å². The normalized spacial score (nSPS) is 13.6. The lowest BCUT2D eigenvalue weighted by molar-refractivity contribution is -0.164. The number of fused-ring (bicyclic) bond motifs is 3. The van der Waals surface area contributed by atoms with Gasteiger partial charge >= 0.3 is 18.0 Å². The fourth-order valence-corrected chi connectivity index (χ4v) is 3.63. The second kappa shape index (κ2) is 9.76. The SMILES string of the molecule is CC(CCC(=O)NCC(F)(F)C(=O)O)NC(=O)OCC1c2ccccc2-c2ccccc21. The molecule has 0 aliphatic heterocycles. The third kappa shape index (κ3) is 5.40. The van der Waals surface area contributed by atoms with E-state index in [9.17, 15) is 23.2 Å². The summed E-state index contributed by atoms with van der Waals surface area (Å²) in [5.41, 5.74) is 4.41. The average molecular weight is 446 g/mol. The van der Waals surface area contributed by atoms with Crippen LogP contribution in [0.2, 0.25) is 0 Å². The molecule has 2 aromatic carbocycles. The Morgan fingerprint density at radius 2 is 1.62 bits per heavy atom. The molecule has 3 rings (SSSR count). The smallest absolute Gasteiger partial charge is 0.407 e. The molecule has 3 N–H and O–H groups in total. The van der Waals surface area contributed by atoms with Crippen LogP contribution in [-0.2, 0) is 14.3 Å². The third-order valence-corrected chi connectivity index (χ3v) is 5.33. The van der Waals surface area contributed by atoms with Gasteiger partial charge in [0.15, 0.2) is 0 Å². The summed E-state index contributed by atoms with van der Waals surface area (Å²) < 4.78 is 31.4. The van der Waals surface area contributed by atoms with Gasteiger partial charge in [0.1, 0.15) is 6.61 Å². The molecule has 0 heterocycles. The number of carbonyl (C=O) groups is 3. The number of amides is 2. The lowest BCUT2D eigenvalue weighted by Gasteiger charge is -2.17. The highest BCUT2D eigenvalue weighted by atomic mass is 19.3. The maximum atomic E-state index is 13.0. The summed E-state index contributed by atoms with van der Waals surface area (Å²) in [6.45, 7) is 0.521. The zero-order valence-corrected chi connectivity index (χ0v) is 17.4. The van der Waals surface area contributed by atoms with Gasteiger partial charge in [0, 0.05) is 18.4 Å². The summed E-state index contributed by atoms with van der Waals surface area (Å²) in [7, 11) is 0. The molecule has 1 aliphatic carbocycles. The lowest BCUT2D eigenvalue weighted by Crippen LogP contribution is -2.42. The number of hydrogen-bond donors (Lipinski definition) is 3. The minimum absolute atomic E-state index is 0.0786. The molecule has 170 valence electrons. The van der Waals surface area contributed by atoms with Gasteiger partial charge in [0.05, 0.1) is 6.54 Å². The molecule has 32 heavy (non-hydrogen) atoms. The van der Waals surface area contributed by atoms with Crippen LogP contribution in [0.15, 0.2) is 48.5 Å². The molecule has 2 aromatic rings. The van der Waals surface area contributed by atoms with Crippen molar-refractivity contribution in [3.05, 3.63) is 59.7 Å². The van der Waals surface area contributed by atoms with E-state index in [0.717, 1.165) is 22.3 Å². The standard InChI is InChI=1S/C23H24F2N2O5/c1-14(10-11-20(28)26-13-23(24,25)21(29)30)27-22(31)32-12-19-17-8-4-2-6-15(17)16-7-3-5-9-18(16)19/h2-9,14,19H,10-13H2,1H3,(H,26,28)(H,27,31)(H,29,30). The van der Waals surface area contributed by atoms with E-state index in [-0.39, 0.29) is 25.4 Å². The predicted octanol–water partition coefficient (Wildman–Crippen LogP) is 3.53. The zero-order valence-electron chi connectivity index (χ0n) is 17.4. The molecule has 0 bridgehead atoms.